The number of terminal acetylenes is 1. The molecule has 1 fully saturated rings. The molecule has 6 rings (SSSR count). The number of nitrogens with one attached hydrogen (secondary N) is 1. The zero-order chi connectivity index (χ0) is 47.5. The second-order valence-corrected chi connectivity index (χ2v) is 15.8. The van der Waals surface area contributed by atoms with Gasteiger partial charge in [-0.1, -0.05) is 12.1 Å². The number of aliphatic hydroxyl groups is 3. The van der Waals surface area contributed by atoms with Crippen LogP contribution < -0.4 is 19.5 Å². The molecule has 0 aromatic heterocycles. The Morgan fingerprint density at radius 1 is 1.05 bits per heavy atom. The quantitative estimate of drug-likeness (QED) is 0.0290. The fourth-order valence-electron chi connectivity index (χ4n) is 8.38. The van der Waals surface area contributed by atoms with Gasteiger partial charge in [0.15, 0.2) is 29.4 Å². The Balaban J connectivity index is 1.22. The average Bonchev–Trinajstić information content (AvgIpc) is 3.27. The van der Waals surface area contributed by atoms with E-state index in [2.05, 4.69) is 11.2 Å². The number of hydrogen-bond acceptors (Lipinski definition) is 18. The van der Waals surface area contributed by atoms with E-state index in [9.17, 15) is 59.6 Å². The Labute approximate surface area is 371 Å². The molecular formula is C45H48N2O18. The smallest absolute Gasteiger partial charge is 0.408 e. The third-order valence-electron chi connectivity index (χ3n) is 11.7. The monoisotopic (exact) mass is 904 g/mol. The summed E-state index contributed by atoms with van der Waals surface area (Å²) in [7, 11) is 2.58. The highest BCUT2D eigenvalue weighted by Crippen LogP contribution is 2.52. The highest BCUT2D eigenvalue weighted by atomic mass is 16.7. The van der Waals surface area contributed by atoms with Crippen molar-refractivity contribution in [3.8, 4) is 41.1 Å². The minimum Gasteiger partial charge on any atom is -0.507 e. The number of benzene rings is 3. The van der Waals surface area contributed by atoms with Crippen LogP contribution >= 0.6 is 0 Å². The maximum absolute atomic E-state index is 14.0. The molecule has 1 amide bonds. The molecule has 1 saturated heterocycles. The zero-order valence-electron chi connectivity index (χ0n) is 35.8. The second kappa shape index (κ2) is 19.6. The van der Waals surface area contributed by atoms with Gasteiger partial charge in [0.2, 0.25) is 5.78 Å². The number of amides is 1. The van der Waals surface area contributed by atoms with E-state index in [4.69, 9.17) is 34.8 Å². The number of Topliss-reactive ketones (excluding diaryl/α,β-unsaturated/α-hetero) is 2. The summed E-state index contributed by atoms with van der Waals surface area (Å²) in [6.45, 7) is 1.70. The van der Waals surface area contributed by atoms with Crippen LogP contribution in [0.3, 0.4) is 0 Å². The van der Waals surface area contributed by atoms with Gasteiger partial charge in [-0.05, 0) is 32.4 Å². The first-order valence-electron chi connectivity index (χ1n) is 20.5. The number of alkyl carbamates (subject to hydrolysis) is 1. The number of nitro groups is 1. The molecule has 20 heteroatoms. The van der Waals surface area contributed by atoms with Gasteiger partial charge in [0.1, 0.15) is 47.4 Å². The van der Waals surface area contributed by atoms with E-state index in [1.54, 1.807) is 0 Å². The van der Waals surface area contributed by atoms with Crippen molar-refractivity contribution in [2.45, 2.75) is 101 Å². The van der Waals surface area contributed by atoms with Crippen LogP contribution in [0.1, 0.15) is 113 Å². The summed E-state index contributed by atoms with van der Waals surface area (Å²) in [5, 5.41) is 70.7. The second-order valence-electron chi connectivity index (χ2n) is 15.8. The lowest BCUT2D eigenvalue weighted by Gasteiger charge is -2.42. The van der Waals surface area contributed by atoms with Crippen LogP contribution in [0.25, 0.3) is 0 Å². The molecule has 7 atom stereocenters. The predicted octanol–water partition coefficient (Wildman–Crippen LogP) is 3.59. The molecule has 3 aromatic rings. The molecular weight excluding hydrogens is 856 g/mol. The molecule has 1 heterocycles. The Morgan fingerprint density at radius 3 is 2.42 bits per heavy atom. The van der Waals surface area contributed by atoms with Crippen LogP contribution in [0.15, 0.2) is 30.3 Å². The van der Waals surface area contributed by atoms with E-state index in [1.165, 1.54) is 52.3 Å². The number of carbonyl (C=O) groups excluding carboxylic acids is 5. The average molecular weight is 905 g/mol. The van der Waals surface area contributed by atoms with Crippen molar-refractivity contribution >= 4 is 34.9 Å². The van der Waals surface area contributed by atoms with Gasteiger partial charge >= 0.3 is 6.09 Å². The lowest BCUT2D eigenvalue weighted by Crippen LogP contribution is -2.56. The Kier molecular flexibility index (Phi) is 14.4. The maximum atomic E-state index is 14.0. The van der Waals surface area contributed by atoms with Crippen molar-refractivity contribution in [1.29, 1.82) is 0 Å². The van der Waals surface area contributed by atoms with Crippen molar-refractivity contribution in [2.75, 3.05) is 27.4 Å². The van der Waals surface area contributed by atoms with Crippen LogP contribution in [0.5, 0.6) is 28.7 Å². The standard InChI is InChI=1S/C45H48N2O18/c1-6-7-10-23(49)11-9-14-62-31-17-28(47(58)59)25(15-30(31)61-5)21(2)64-44(56)46-27-16-34(63-22(3)39(27)51)65-32-19-45(57,33(50)20-48)18-26-36(32)43(55)38-37(41(26)53)40(52)24-12-8-13-29(60-4)35(24)42(38)54/h1,8,12-13,15,17,21-22,27,32,34,39,48,51,53,55,57H,7,9-11,14,16,18-20H2,2-5H3,(H,46,56)/t21?,22-,27?,32?,34-,39+,45-/m0/s1. The lowest BCUT2D eigenvalue weighted by molar-refractivity contribution is -0.386. The number of aliphatic hydroxyl groups excluding tert-OH is 2. The molecule has 346 valence electrons. The summed E-state index contributed by atoms with van der Waals surface area (Å²) in [6, 6.07) is 5.40. The third-order valence-corrected chi connectivity index (χ3v) is 11.7. The van der Waals surface area contributed by atoms with Crippen LogP contribution in [0, 0.1) is 22.5 Å². The van der Waals surface area contributed by atoms with Gasteiger partial charge < -0.3 is 59.3 Å². The van der Waals surface area contributed by atoms with Crippen molar-refractivity contribution in [2.24, 2.45) is 0 Å². The minimum absolute atomic E-state index is 0.00913. The summed E-state index contributed by atoms with van der Waals surface area (Å²) in [5.74, 6) is -1.98. The number of nitrogens with zero attached hydrogens (tertiary/aromatic N) is 1. The Morgan fingerprint density at radius 2 is 1.75 bits per heavy atom. The van der Waals surface area contributed by atoms with E-state index in [0.717, 1.165) is 6.07 Å². The molecule has 0 spiro atoms. The first kappa shape index (κ1) is 47.8. The maximum Gasteiger partial charge on any atom is 0.408 e. The molecule has 3 aliphatic rings. The number of fused-ring (bicyclic) bond motifs is 3. The largest absolute Gasteiger partial charge is 0.507 e. The van der Waals surface area contributed by atoms with E-state index >= 15 is 0 Å². The number of ether oxygens (including phenoxy) is 6. The van der Waals surface area contributed by atoms with Gasteiger partial charge in [0.25, 0.3) is 5.69 Å². The number of nitro benzene ring substituents is 1. The summed E-state index contributed by atoms with van der Waals surface area (Å²) in [6.07, 6.45) is -3.33. The van der Waals surface area contributed by atoms with Gasteiger partial charge in [-0.25, -0.2) is 4.79 Å². The number of aromatic hydroxyl groups is 2. The molecule has 65 heavy (non-hydrogen) atoms. The number of ketones is 4. The predicted molar refractivity (Wildman–Crippen MR) is 223 cm³/mol. The normalized spacial score (nSPS) is 22.6. The van der Waals surface area contributed by atoms with Crippen molar-refractivity contribution in [1.82, 2.24) is 5.32 Å². The summed E-state index contributed by atoms with van der Waals surface area (Å²) < 4.78 is 34.1. The summed E-state index contributed by atoms with van der Waals surface area (Å²) in [5.41, 5.74) is -5.04. The van der Waals surface area contributed by atoms with E-state index < -0.39 is 118 Å². The molecule has 0 saturated carbocycles. The molecule has 20 nitrogen and oxygen atoms in total. The minimum atomic E-state index is -2.43. The highest BCUT2D eigenvalue weighted by Gasteiger charge is 2.50. The molecule has 1 aliphatic heterocycles. The number of carbonyl (C=O) groups is 5. The molecule has 0 radical (unpaired) electrons. The number of rotatable bonds is 17. The Hall–Kier alpha value is -6.63. The van der Waals surface area contributed by atoms with Gasteiger partial charge in [-0.15, -0.1) is 12.3 Å². The lowest BCUT2D eigenvalue weighted by atomic mass is 9.72. The summed E-state index contributed by atoms with van der Waals surface area (Å²) >= 11 is 0. The number of methoxy groups -OCH3 is 2. The van der Waals surface area contributed by atoms with Crippen molar-refractivity contribution in [3.05, 3.63) is 79.4 Å². The molecule has 0 bridgehead atoms. The van der Waals surface area contributed by atoms with Crippen LogP contribution in [-0.2, 0) is 30.2 Å². The topological polar surface area (TPSA) is 297 Å². The first-order valence-corrected chi connectivity index (χ1v) is 20.5. The van der Waals surface area contributed by atoms with E-state index in [0.29, 0.717) is 12.8 Å². The SMILES string of the molecule is C#CCCC(=O)CCCOc1cc([N+](=O)[O-])c(C(C)OC(=O)NC2C[C@H](OC3C[C@](O)(C(=O)CO)Cc4c(O)c5c(c(O)c43)C(=O)c3c(OC)cccc3C5=O)O[C@@H](C)[C@H]2O)cc1OC. The number of hydrogen-bond donors (Lipinski definition) is 6. The fraction of sp³-hybridized carbons (Fsp3) is 0.444. The van der Waals surface area contributed by atoms with Crippen LogP contribution in [0.4, 0.5) is 10.5 Å². The highest BCUT2D eigenvalue weighted by molar-refractivity contribution is 6.31. The Bertz CT molecular complexity index is 2460. The molecule has 3 aromatic carbocycles. The van der Waals surface area contributed by atoms with Crippen molar-refractivity contribution < 1.29 is 82.8 Å². The van der Waals surface area contributed by atoms with Gasteiger partial charge in [-0.3, -0.25) is 29.3 Å². The zero-order valence-corrected chi connectivity index (χ0v) is 35.8. The van der Waals surface area contributed by atoms with Gasteiger partial charge in [0, 0.05) is 55.2 Å². The fourth-order valence-corrected chi connectivity index (χ4v) is 8.38. The van der Waals surface area contributed by atoms with Crippen LogP contribution in [0.2, 0.25) is 0 Å². The van der Waals surface area contributed by atoms with Gasteiger partial charge in [-0.2, -0.15) is 0 Å². The van der Waals surface area contributed by atoms with Crippen LogP contribution in [-0.4, -0.2) is 117 Å². The molecule has 3 unspecified atom stereocenters. The number of phenolic OH excluding ortho intramolecular Hbond substituents is 2. The molecule has 6 N–H and O–H groups in total. The van der Waals surface area contributed by atoms with Crippen molar-refractivity contribution in [3.63, 3.8) is 0 Å². The first-order chi connectivity index (χ1) is 30.9. The molecule has 2 aliphatic carbocycles. The van der Waals surface area contributed by atoms with Gasteiger partial charge in [0.05, 0.1) is 72.3 Å². The summed E-state index contributed by atoms with van der Waals surface area (Å²) in [4.78, 5) is 77.7. The van der Waals surface area contributed by atoms with E-state index in [1.807, 2.05) is 0 Å². The van der Waals surface area contributed by atoms with E-state index in [-0.39, 0.29) is 76.7 Å². The third kappa shape index (κ3) is 9.46. The number of phenols is 2.